The highest BCUT2D eigenvalue weighted by Crippen LogP contribution is 2.36. The largest absolute Gasteiger partial charge is 0.326 e. The van der Waals surface area contributed by atoms with Crippen molar-refractivity contribution in [2.24, 2.45) is 17.1 Å². The predicted molar refractivity (Wildman–Crippen MR) is 84.4 cm³/mol. The van der Waals surface area contributed by atoms with Crippen LogP contribution in [0.2, 0.25) is 0 Å². The Labute approximate surface area is 123 Å². The second kappa shape index (κ2) is 6.23. The predicted octanol–water partition coefficient (Wildman–Crippen LogP) is 3.23. The number of hydrogen-bond acceptors (Lipinski definition) is 3. The summed E-state index contributed by atoms with van der Waals surface area (Å²) in [6.45, 7) is 11.5. The fourth-order valence-corrected chi connectivity index (χ4v) is 3.44. The first kappa shape index (κ1) is 15.5. The van der Waals surface area contributed by atoms with Crippen LogP contribution in [0.15, 0.2) is 24.5 Å². The minimum absolute atomic E-state index is 0.130. The molecule has 0 radical (unpaired) electrons. The zero-order chi connectivity index (χ0) is 14.8. The number of nitrogens with two attached hydrogens (primary N) is 1. The summed E-state index contributed by atoms with van der Waals surface area (Å²) >= 11 is 0. The Morgan fingerprint density at radius 1 is 1.30 bits per heavy atom. The van der Waals surface area contributed by atoms with E-state index >= 15 is 0 Å². The van der Waals surface area contributed by atoms with Gasteiger partial charge in [0.15, 0.2) is 0 Å². The van der Waals surface area contributed by atoms with Crippen LogP contribution in [0.1, 0.15) is 52.1 Å². The monoisotopic (exact) mass is 275 g/mol. The molecule has 3 heteroatoms. The van der Waals surface area contributed by atoms with Crippen LogP contribution in [-0.2, 0) is 0 Å². The Morgan fingerprint density at radius 2 is 1.95 bits per heavy atom. The smallest absolute Gasteiger partial charge is 0.0511 e. The average Bonchev–Trinajstić information content (AvgIpc) is 2.39. The van der Waals surface area contributed by atoms with Crippen molar-refractivity contribution in [1.29, 1.82) is 0 Å². The summed E-state index contributed by atoms with van der Waals surface area (Å²) in [4.78, 5) is 6.80. The van der Waals surface area contributed by atoms with Crippen molar-refractivity contribution in [3.63, 3.8) is 0 Å². The maximum absolute atomic E-state index is 6.25. The molecule has 1 aromatic heterocycles. The van der Waals surface area contributed by atoms with Crippen LogP contribution in [0.25, 0.3) is 0 Å². The quantitative estimate of drug-likeness (QED) is 0.921. The molecule has 1 saturated heterocycles. The molecule has 0 aromatic carbocycles. The molecule has 3 nitrogen and oxygen atoms in total. The van der Waals surface area contributed by atoms with E-state index in [-0.39, 0.29) is 6.04 Å². The Bertz CT molecular complexity index is 400. The average molecular weight is 275 g/mol. The molecule has 20 heavy (non-hydrogen) atoms. The molecule has 1 aliphatic heterocycles. The van der Waals surface area contributed by atoms with Gasteiger partial charge >= 0.3 is 0 Å². The molecule has 0 spiro atoms. The van der Waals surface area contributed by atoms with E-state index < -0.39 is 0 Å². The third-order valence-corrected chi connectivity index (χ3v) is 4.67. The fraction of sp³-hybridized carbons (Fsp3) is 0.706. The van der Waals surface area contributed by atoms with Crippen LogP contribution in [0, 0.1) is 11.3 Å². The summed E-state index contributed by atoms with van der Waals surface area (Å²) in [6, 6.07) is 4.58. The van der Waals surface area contributed by atoms with Crippen molar-refractivity contribution < 1.29 is 0 Å². The summed E-state index contributed by atoms with van der Waals surface area (Å²) in [6.07, 6.45) is 6.33. The van der Waals surface area contributed by atoms with Crippen LogP contribution in [0.4, 0.5) is 0 Å². The Balaban J connectivity index is 2.07. The lowest BCUT2D eigenvalue weighted by Crippen LogP contribution is -2.45. The van der Waals surface area contributed by atoms with Crippen molar-refractivity contribution >= 4 is 0 Å². The van der Waals surface area contributed by atoms with Gasteiger partial charge in [0.05, 0.1) is 6.04 Å². The number of likely N-dealkylation sites (tertiary alicyclic amines) is 1. The van der Waals surface area contributed by atoms with Gasteiger partial charge in [0, 0.05) is 18.4 Å². The minimum Gasteiger partial charge on any atom is -0.326 e. The highest BCUT2D eigenvalue weighted by atomic mass is 15.2. The number of hydrogen-bond donors (Lipinski definition) is 1. The van der Waals surface area contributed by atoms with Gasteiger partial charge in [-0.05, 0) is 55.8 Å². The summed E-state index contributed by atoms with van der Waals surface area (Å²) in [5.74, 6) is 0.821. The van der Waals surface area contributed by atoms with Crippen LogP contribution in [-0.4, -0.2) is 29.0 Å². The summed E-state index contributed by atoms with van der Waals surface area (Å²) in [7, 11) is 0. The van der Waals surface area contributed by atoms with E-state index in [0.29, 0.717) is 11.5 Å². The van der Waals surface area contributed by atoms with Gasteiger partial charge in [-0.3, -0.25) is 9.88 Å². The van der Waals surface area contributed by atoms with E-state index in [9.17, 15) is 0 Å². The van der Waals surface area contributed by atoms with Crippen molar-refractivity contribution in [3.8, 4) is 0 Å². The van der Waals surface area contributed by atoms with Gasteiger partial charge in [0.1, 0.15) is 0 Å². The molecule has 112 valence electrons. The van der Waals surface area contributed by atoms with Crippen LogP contribution in [0.3, 0.4) is 0 Å². The number of aromatic nitrogens is 1. The van der Waals surface area contributed by atoms with E-state index in [1.807, 2.05) is 18.5 Å². The highest BCUT2D eigenvalue weighted by Gasteiger charge is 2.32. The first-order valence-corrected chi connectivity index (χ1v) is 7.79. The molecule has 2 heterocycles. The van der Waals surface area contributed by atoms with Crippen molar-refractivity contribution in [3.05, 3.63) is 30.1 Å². The molecule has 2 unspecified atom stereocenters. The molecule has 2 atom stereocenters. The standard InChI is InChI=1S/C17H29N3/c1-13(18)16(14-6-5-9-19-12-14)20-10-7-15(8-11-20)17(2,3)4/h5-6,9,12-13,15-16H,7-8,10-11,18H2,1-4H3. The van der Waals surface area contributed by atoms with Gasteiger partial charge in [-0.1, -0.05) is 26.8 Å². The van der Waals surface area contributed by atoms with Crippen molar-refractivity contribution in [2.75, 3.05) is 13.1 Å². The summed E-state index contributed by atoms with van der Waals surface area (Å²) in [5, 5.41) is 0. The van der Waals surface area contributed by atoms with Crippen LogP contribution < -0.4 is 5.73 Å². The zero-order valence-corrected chi connectivity index (χ0v) is 13.3. The first-order chi connectivity index (χ1) is 9.39. The minimum atomic E-state index is 0.130. The van der Waals surface area contributed by atoms with E-state index in [1.54, 1.807) is 0 Å². The summed E-state index contributed by atoms with van der Waals surface area (Å²) < 4.78 is 0. The van der Waals surface area contributed by atoms with Gasteiger partial charge in [0.2, 0.25) is 0 Å². The molecule has 0 aliphatic carbocycles. The Kier molecular flexibility index (Phi) is 4.82. The van der Waals surface area contributed by atoms with Crippen molar-refractivity contribution in [1.82, 2.24) is 9.88 Å². The fourth-order valence-electron chi connectivity index (χ4n) is 3.44. The van der Waals surface area contributed by atoms with Gasteiger partial charge in [-0.15, -0.1) is 0 Å². The SMILES string of the molecule is CC(N)C(c1cccnc1)N1CCC(C(C)(C)C)CC1. The topological polar surface area (TPSA) is 42.1 Å². The van der Waals surface area contributed by atoms with E-state index in [0.717, 1.165) is 19.0 Å². The van der Waals surface area contributed by atoms with Crippen LogP contribution >= 0.6 is 0 Å². The Hall–Kier alpha value is -0.930. The van der Waals surface area contributed by atoms with Gasteiger partial charge in [0.25, 0.3) is 0 Å². The maximum atomic E-state index is 6.25. The van der Waals surface area contributed by atoms with Gasteiger partial charge in [-0.2, -0.15) is 0 Å². The Morgan fingerprint density at radius 3 is 2.40 bits per heavy atom. The molecule has 1 aliphatic rings. The lowest BCUT2D eigenvalue weighted by molar-refractivity contribution is 0.0748. The van der Waals surface area contributed by atoms with Gasteiger partial charge < -0.3 is 5.73 Å². The number of nitrogens with zero attached hydrogens (tertiary/aromatic N) is 2. The molecular weight excluding hydrogens is 246 g/mol. The molecule has 1 fully saturated rings. The maximum Gasteiger partial charge on any atom is 0.0511 e. The third kappa shape index (κ3) is 3.58. The molecule has 0 bridgehead atoms. The molecule has 0 amide bonds. The first-order valence-electron chi connectivity index (χ1n) is 7.79. The second-order valence-electron chi connectivity index (χ2n) is 7.27. The molecular formula is C17H29N3. The molecule has 2 N–H and O–H groups in total. The molecule has 0 saturated carbocycles. The zero-order valence-electron chi connectivity index (χ0n) is 13.3. The molecule has 1 aromatic rings. The van der Waals surface area contributed by atoms with E-state index in [1.165, 1.54) is 18.4 Å². The normalized spacial score (nSPS) is 21.6. The lowest BCUT2D eigenvalue weighted by Gasteiger charge is -2.43. The van der Waals surface area contributed by atoms with Gasteiger partial charge in [-0.25, -0.2) is 0 Å². The van der Waals surface area contributed by atoms with E-state index in [2.05, 4.69) is 43.6 Å². The van der Waals surface area contributed by atoms with Crippen LogP contribution in [0.5, 0.6) is 0 Å². The van der Waals surface area contributed by atoms with E-state index in [4.69, 9.17) is 5.73 Å². The molecule has 2 rings (SSSR count). The number of piperidine rings is 1. The number of pyridine rings is 1. The third-order valence-electron chi connectivity index (χ3n) is 4.67. The summed E-state index contributed by atoms with van der Waals surface area (Å²) in [5.41, 5.74) is 7.92. The lowest BCUT2D eigenvalue weighted by atomic mass is 9.75. The highest BCUT2D eigenvalue weighted by molar-refractivity contribution is 5.16. The number of rotatable bonds is 3. The second-order valence-corrected chi connectivity index (χ2v) is 7.27. The van der Waals surface area contributed by atoms with Crippen molar-refractivity contribution in [2.45, 2.75) is 52.6 Å².